The Labute approximate surface area is 415 Å². The maximum atomic E-state index is 17.6. The smallest absolute Gasteiger partial charge is 0.171 e. The number of nitrogens with zero attached hydrogens (tertiary/aromatic N) is 2. The van der Waals surface area contributed by atoms with Gasteiger partial charge in [-0.05, 0) is 91.0 Å². The van der Waals surface area contributed by atoms with Gasteiger partial charge >= 0.3 is 0 Å². The van der Waals surface area contributed by atoms with Crippen molar-refractivity contribution in [2.24, 2.45) is 0 Å². The van der Waals surface area contributed by atoms with E-state index in [0.717, 1.165) is 38.3 Å². The van der Waals surface area contributed by atoms with E-state index in [4.69, 9.17) is 0 Å². The third-order valence-corrected chi connectivity index (χ3v) is 20.2. The van der Waals surface area contributed by atoms with Gasteiger partial charge in [-0.15, -0.1) is 0 Å². The lowest BCUT2D eigenvalue weighted by Gasteiger charge is -2.40. The molecule has 17 rings (SSSR count). The van der Waals surface area contributed by atoms with Gasteiger partial charge in [0.05, 0.1) is 44.3 Å². The SMILES string of the molecule is O=P(c1ccccc1)(c1ccc2c(c1)-n1c3ccccc3c3cccc(c31)C21c2ccccc2-c2ccccc21)c1ccc2c(c1)-n1c3ccccc3c3cccc(c31)C21c2ccccc2-c2ccccc21. The normalized spacial score (nSPS) is 14.7. The monoisotopic (exact) mass is 932 g/mol. The van der Waals surface area contributed by atoms with Crippen molar-refractivity contribution in [3.63, 3.8) is 0 Å². The minimum absolute atomic E-state index is 0.607. The third-order valence-electron chi connectivity index (χ3n) is 17.2. The van der Waals surface area contributed by atoms with Crippen LogP contribution in [-0.2, 0) is 15.4 Å². The average Bonchev–Trinajstić information content (AvgIpc) is 4.17. The van der Waals surface area contributed by atoms with Crippen LogP contribution in [0.25, 0.3) is 77.2 Å². The number of benzene rings is 11. The van der Waals surface area contributed by atoms with E-state index in [1.165, 1.54) is 99.3 Å². The Hall–Kier alpha value is -8.75. The summed E-state index contributed by atoms with van der Waals surface area (Å²) < 4.78 is 22.5. The van der Waals surface area contributed by atoms with Crippen molar-refractivity contribution < 1.29 is 4.57 Å². The minimum atomic E-state index is -3.65. The van der Waals surface area contributed by atoms with Crippen LogP contribution in [0.1, 0.15) is 44.5 Å². The molecule has 2 aromatic heterocycles. The van der Waals surface area contributed by atoms with E-state index in [9.17, 15) is 0 Å². The molecule has 4 heteroatoms. The van der Waals surface area contributed by atoms with Crippen molar-refractivity contribution in [1.29, 1.82) is 0 Å². The van der Waals surface area contributed by atoms with Crippen LogP contribution < -0.4 is 15.9 Å². The fraction of sp³-hybridized carbons (Fsp3) is 0.0294. The first-order valence-corrected chi connectivity index (χ1v) is 26.7. The van der Waals surface area contributed by atoms with Crippen molar-refractivity contribution in [2.75, 3.05) is 0 Å². The van der Waals surface area contributed by atoms with Crippen LogP contribution in [0.5, 0.6) is 0 Å². The summed E-state index contributed by atoms with van der Waals surface area (Å²) in [6.07, 6.45) is 0. The molecule has 4 heterocycles. The predicted octanol–water partition coefficient (Wildman–Crippen LogP) is 14.9. The highest BCUT2D eigenvalue weighted by molar-refractivity contribution is 7.85. The maximum absolute atomic E-state index is 17.6. The fourth-order valence-corrected chi connectivity index (χ4v) is 17.2. The number of rotatable bonds is 3. The number of hydrogen-bond acceptors (Lipinski definition) is 1. The molecule has 2 spiro atoms. The molecule has 0 radical (unpaired) electrons. The number of hydrogen-bond donors (Lipinski definition) is 0. The van der Waals surface area contributed by atoms with Gasteiger partial charge in [0.15, 0.2) is 7.14 Å². The van der Waals surface area contributed by atoms with Gasteiger partial charge in [0.25, 0.3) is 0 Å². The zero-order chi connectivity index (χ0) is 47.1. The summed E-state index contributed by atoms with van der Waals surface area (Å²) in [6.45, 7) is 0. The highest BCUT2D eigenvalue weighted by Gasteiger charge is 2.53. The van der Waals surface area contributed by atoms with Gasteiger partial charge in [-0.2, -0.15) is 0 Å². The van der Waals surface area contributed by atoms with Crippen LogP contribution in [0.3, 0.4) is 0 Å². The van der Waals surface area contributed by atoms with Gasteiger partial charge in [0.2, 0.25) is 0 Å². The van der Waals surface area contributed by atoms with Gasteiger partial charge < -0.3 is 13.7 Å². The molecule has 0 saturated carbocycles. The summed E-state index contributed by atoms with van der Waals surface area (Å²) in [5.41, 5.74) is 20.6. The van der Waals surface area contributed by atoms with Gasteiger partial charge in [0.1, 0.15) is 0 Å². The maximum Gasteiger partial charge on any atom is 0.171 e. The summed E-state index contributed by atoms with van der Waals surface area (Å²) in [4.78, 5) is 0. The second-order valence-electron chi connectivity index (χ2n) is 20.1. The zero-order valence-electron chi connectivity index (χ0n) is 38.9. The summed E-state index contributed by atoms with van der Waals surface area (Å²) in [7, 11) is -3.65. The predicted molar refractivity (Wildman–Crippen MR) is 296 cm³/mol. The quantitative estimate of drug-likeness (QED) is 0.162. The summed E-state index contributed by atoms with van der Waals surface area (Å²) in [5, 5.41) is 7.26. The zero-order valence-corrected chi connectivity index (χ0v) is 39.8. The number of aromatic nitrogens is 2. The molecular weight excluding hydrogens is 892 g/mol. The molecule has 334 valence electrons. The molecule has 0 bridgehead atoms. The number of fused-ring (bicyclic) bond motifs is 24. The highest BCUT2D eigenvalue weighted by atomic mass is 31.2. The summed E-state index contributed by atoms with van der Waals surface area (Å²) >= 11 is 0. The Bertz CT molecular complexity index is 4270. The van der Waals surface area contributed by atoms with Crippen molar-refractivity contribution in [3.05, 3.63) is 293 Å². The van der Waals surface area contributed by atoms with E-state index in [2.05, 4.69) is 240 Å². The number of para-hydroxylation sites is 4. The standard InChI is InChI=1S/C68H41N2OP/c71-72(42-18-2-1-3-19-42,43-36-38-57-63(40-43)69-61-34-14-8-24-49(61)51-26-16-32-59(65(51)69)67(57)53-28-10-4-20-45(53)46-21-5-11-29-54(46)67)44-37-39-58-64(41-44)70-62-35-15-9-25-50(62)52-27-17-33-60(66(52)70)68(58)55-30-12-6-22-47(55)48-23-7-13-31-56(48)68/h1-41H. The third kappa shape index (κ3) is 4.38. The molecule has 11 aromatic carbocycles. The van der Waals surface area contributed by atoms with E-state index in [1.807, 2.05) is 18.2 Å². The molecule has 4 aliphatic rings. The molecule has 0 atom stereocenters. The molecule has 0 unspecified atom stereocenters. The molecule has 0 amide bonds. The Morgan fingerprint density at radius 1 is 0.278 bits per heavy atom. The van der Waals surface area contributed by atoms with Crippen LogP contribution in [0, 0.1) is 0 Å². The lowest BCUT2D eigenvalue weighted by Crippen LogP contribution is -2.36. The molecule has 2 aliphatic heterocycles. The minimum Gasteiger partial charge on any atom is -0.309 e. The lowest BCUT2D eigenvalue weighted by molar-refractivity contribution is 0.592. The molecule has 13 aromatic rings. The lowest BCUT2D eigenvalue weighted by atomic mass is 9.65. The van der Waals surface area contributed by atoms with E-state index >= 15 is 4.57 Å². The van der Waals surface area contributed by atoms with E-state index in [1.54, 1.807) is 0 Å². The molecule has 0 N–H and O–H groups in total. The molecule has 72 heavy (non-hydrogen) atoms. The first kappa shape index (κ1) is 39.0. The molecular formula is C68H41N2OP. The topological polar surface area (TPSA) is 26.9 Å². The Morgan fingerprint density at radius 3 is 1.06 bits per heavy atom. The van der Waals surface area contributed by atoms with Crippen LogP contribution in [0.15, 0.2) is 249 Å². The van der Waals surface area contributed by atoms with Crippen molar-refractivity contribution in [1.82, 2.24) is 9.13 Å². The van der Waals surface area contributed by atoms with Gasteiger partial charge in [-0.1, -0.05) is 224 Å². The van der Waals surface area contributed by atoms with Gasteiger partial charge in [-0.3, -0.25) is 0 Å². The van der Waals surface area contributed by atoms with Crippen molar-refractivity contribution in [3.8, 4) is 33.6 Å². The first-order valence-electron chi connectivity index (χ1n) is 25.0. The summed E-state index contributed by atoms with van der Waals surface area (Å²) in [6, 6.07) is 91.2. The largest absolute Gasteiger partial charge is 0.309 e. The Morgan fingerprint density at radius 2 is 0.625 bits per heavy atom. The van der Waals surface area contributed by atoms with Crippen molar-refractivity contribution in [2.45, 2.75) is 10.8 Å². The first-order chi connectivity index (χ1) is 35.6. The van der Waals surface area contributed by atoms with Crippen LogP contribution in [0.4, 0.5) is 0 Å². The Balaban J connectivity index is 0.992. The second-order valence-corrected chi connectivity index (χ2v) is 22.9. The summed E-state index contributed by atoms with van der Waals surface area (Å²) in [5.74, 6) is 0. The highest BCUT2D eigenvalue weighted by Crippen LogP contribution is 2.63. The van der Waals surface area contributed by atoms with Crippen LogP contribution >= 0.6 is 7.14 Å². The van der Waals surface area contributed by atoms with E-state index in [-0.39, 0.29) is 0 Å². The van der Waals surface area contributed by atoms with Gasteiger partial charge in [0, 0.05) is 37.5 Å². The molecule has 0 saturated heterocycles. The Kier molecular flexibility index (Phi) is 7.35. The van der Waals surface area contributed by atoms with E-state index in [0.29, 0.717) is 0 Å². The van der Waals surface area contributed by atoms with Crippen molar-refractivity contribution >= 4 is 66.7 Å². The van der Waals surface area contributed by atoms with E-state index < -0.39 is 18.0 Å². The van der Waals surface area contributed by atoms with Crippen LogP contribution in [-0.4, -0.2) is 9.13 Å². The van der Waals surface area contributed by atoms with Crippen LogP contribution in [0.2, 0.25) is 0 Å². The van der Waals surface area contributed by atoms with Gasteiger partial charge in [-0.25, -0.2) is 0 Å². The fourth-order valence-electron chi connectivity index (χ4n) is 14.6. The average molecular weight is 933 g/mol. The molecule has 3 nitrogen and oxygen atoms in total. The molecule has 2 aliphatic carbocycles. The second kappa shape index (κ2) is 13.6. The molecule has 0 fully saturated rings.